The average molecular weight is 515 g/mol. The molecule has 0 aliphatic rings. The van der Waals surface area contributed by atoms with E-state index in [9.17, 15) is 9.59 Å². The molecule has 2 aromatic heterocycles. The fourth-order valence-corrected chi connectivity index (χ4v) is 4.15. The lowest BCUT2D eigenvalue weighted by molar-refractivity contribution is -0.142. The molecule has 0 fully saturated rings. The summed E-state index contributed by atoms with van der Waals surface area (Å²) in [6.07, 6.45) is 5.51. The molecule has 2 N–H and O–H groups in total. The highest BCUT2D eigenvalue weighted by Gasteiger charge is 2.16. The van der Waals surface area contributed by atoms with E-state index in [1.807, 2.05) is 86.1 Å². The number of amides is 1. The van der Waals surface area contributed by atoms with Gasteiger partial charge < -0.3 is 24.5 Å². The van der Waals surface area contributed by atoms with Crippen molar-refractivity contribution in [2.45, 2.75) is 52.8 Å². The summed E-state index contributed by atoms with van der Waals surface area (Å²) in [5.41, 5.74) is 6.05. The topological polar surface area (TPSA) is 94.0 Å². The number of carbonyl (C=O) groups is 2. The molecule has 0 unspecified atom stereocenters. The Balaban J connectivity index is 1.53. The van der Waals surface area contributed by atoms with Gasteiger partial charge in [0.05, 0.1) is 13.0 Å². The molecule has 4 aromatic rings. The maximum atomic E-state index is 12.1. The Hall–Kier alpha value is -4.33. The third kappa shape index (κ3) is 7.12. The first-order chi connectivity index (χ1) is 18.2. The number of hydrogen-bond donors (Lipinski definition) is 2. The normalized spacial score (nSPS) is 11.3. The van der Waals surface area contributed by atoms with Gasteiger partial charge in [-0.15, -0.1) is 0 Å². The standard InChI is InChI=1S/C30H34N4O4/c1-5-37-27(35)17-24-10-6-7-12-26(24)32-19-22-16-25(28-31-13-14-34(28)20-22)23-11-8-9-21(15-23)18-33-29(36)38-30(2,3)4/h6-16,20,32H,5,17-19H2,1-4H3,(H,33,36). The number of esters is 1. The van der Waals surface area contributed by atoms with E-state index in [2.05, 4.69) is 21.7 Å². The predicted molar refractivity (Wildman–Crippen MR) is 148 cm³/mol. The summed E-state index contributed by atoms with van der Waals surface area (Å²) in [4.78, 5) is 28.7. The van der Waals surface area contributed by atoms with Crippen molar-refractivity contribution < 1.29 is 19.1 Å². The minimum atomic E-state index is -0.550. The lowest BCUT2D eigenvalue weighted by Crippen LogP contribution is -2.32. The SMILES string of the molecule is CCOC(=O)Cc1ccccc1NCc1cc(-c2cccc(CNC(=O)OC(C)(C)C)c2)c2nccn2c1. The zero-order valence-corrected chi connectivity index (χ0v) is 22.3. The van der Waals surface area contributed by atoms with Gasteiger partial charge in [0.25, 0.3) is 0 Å². The molecule has 0 aliphatic carbocycles. The third-order valence-electron chi connectivity index (χ3n) is 5.76. The molecular weight excluding hydrogens is 480 g/mol. The zero-order valence-electron chi connectivity index (χ0n) is 22.3. The van der Waals surface area contributed by atoms with Crippen LogP contribution < -0.4 is 10.6 Å². The van der Waals surface area contributed by atoms with Gasteiger partial charge in [-0.3, -0.25) is 4.79 Å². The number of nitrogens with zero attached hydrogens (tertiary/aromatic N) is 2. The second-order valence-corrected chi connectivity index (χ2v) is 9.97. The number of rotatable bonds is 9. The summed E-state index contributed by atoms with van der Waals surface area (Å²) < 4.78 is 12.5. The van der Waals surface area contributed by atoms with Crippen LogP contribution in [0.4, 0.5) is 10.5 Å². The minimum Gasteiger partial charge on any atom is -0.466 e. The molecule has 198 valence electrons. The molecule has 0 radical (unpaired) electrons. The van der Waals surface area contributed by atoms with Crippen molar-refractivity contribution in [2.75, 3.05) is 11.9 Å². The Bertz CT molecular complexity index is 1420. The highest BCUT2D eigenvalue weighted by molar-refractivity contribution is 5.79. The highest BCUT2D eigenvalue weighted by atomic mass is 16.6. The molecule has 0 bridgehead atoms. The van der Waals surface area contributed by atoms with Crippen molar-refractivity contribution in [3.8, 4) is 11.1 Å². The fourth-order valence-electron chi connectivity index (χ4n) is 4.15. The minimum absolute atomic E-state index is 0.215. The summed E-state index contributed by atoms with van der Waals surface area (Å²) in [6, 6.07) is 17.9. The number of benzene rings is 2. The maximum absolute atomic E-state index is 12.1. The number of pyridine rings is 1. The second kappa shape index (κ2) is 11.8. The van der Waals surface area contributed by atoms with Crippen LogP contribution in [-0.4, -0.2) is 33.7 Å². The monoisotopic (exact) mass is 514 g/mol. The predicted octanol–water partition coefficient (Wildman–Crippen LogP) is 5.74. The molecule has 0 aliphatic heterocycles. The molecule has 8 heteroatoms. The van der Waals surface area contributed by atoms with Gasteiger partial charge in [-0.2, -0.15) is 0 Å². The van der Waals surface area contributed by atoms with Gasteiger partial charge >= 0.3 is 12.1 Å². The van der Waals surface area contributed by atoms with Crippen molar-refractivity contribution in [3.05, 3.63) is 89.9 Å². The second-order valence-electron chi connectivity index (χ2n) is 9.97. The first kappa shape index (κ1) is 26.7. The number of para-hydroxylation sites is 1. The number of alkyl carbamates (subject to hydrolysis) is 1. The van der Waals surface area contributed by atoms with E-state index in [4.69, 9.17) is 9.47 Å². The molecule has 0 saturated carbocycles. The molecule has 0 spiro atoms. The van der Waals surface area contributed by atoms with Crippen molar-refractivity contribution in [2.24, 2.45) is 0 Å². The molecular formula is C30H34N4O4. The fraction of sp³-hybridized carbons (Fsp3) is 0.300. The van der Waals surface area contributed by atoms with Crippen LogP contribution in [-0.2, 0) is 33.8 Å². The first-order valence-electron chi connectivity index (χ1n) is 12.7. The van der Waals surface area contributed by atoms with E-state index in [1.165, 1.54) is 0 Å². The summed E-state index contributed by atoms with van der Waals surface area (Å²) in [5, 5.41) is 6.29. The summed E-state index contributed by atoms with van der Waals surface area (Å²) in [6.45, 7) is 8.59. The zero-order chi connectivity index (χ0) is 27.1. The number of fused-ring (bicyclic) bond motifs is 1. The lowest BCUT2D eigenvalue weighted by Gasteiger charge is -2.19. The van der Waals surface area contributed by atoms with Gasteiger partial charge in [0.15, 0.2) is 0 Å². The Morgan fingerprint density at radius 2 is 1.82 bits per heavy atom. The molecule has 2 heterocycles. The Kier molecular flexibility index (Phi) is 8.31. The Labute approximate surface area is 223 Å². The smallest absolute Gasteiger partial charge is 0.407 e. The number of imidazole rings is 1. The molecule has 38 heavy (non-hydrogen) atoms. The van der Waals surface area contributed by atoms with Gasteiger partial charge in [-0.25, -0.2) is 9.78 Å². The summed E-state index contributed by atoms with van der Waals surface area (Å²) in [5.74, 6) is -0.245. The van der Waals surface area contributed by atoms with Gasteiger partial charge in [0.1, 0.15) is 11.2 Å². The van der Waals surface area contributed by atoms with Crippen LogP contribution in [0.15, 0.2) is 73.2 Å². The molecule has 1 amide bonds. The van der Waals surface area contributed by atoms with Gasteiger partial charge in [0, 0.05) is 42.9 Å². The van der Waals surface area contributed by atoms with E-state index >= 15 is 0 Å². The molecule has 4 rings (SSSR count). The van der Waals surface area contributed by atoms with Gasteiger partial charge in [-0.1, -0.05) is 36.4 Å². The molecule has 0 atom stereocenters. The maximum Gasteiger partial charge on any atom is 0.407 e. The van der Waals surface area contributed by atoms with E-state index in [-0.39, 0.29) is 12.4 Å². The summed E-state index contributed by atoms with van der Waals surface area (Å²) in [7, 11) is 0. The molecule has 0 saturated heterocycles. The van der Waals surface area contributed by atoms with Gasteiger partial charge in [0.2, 0.25) is 0 Å². The number of anilines is 1. The van der Waals surface area contributed by atoms with Crippen LogP contribution in [0, 0.1) is 0 Å². The third-order valence-corrected chi connectivity index (χ3v) is 5.76. The van der Waals surface area contributed by atoms with Crippen LogP contribution in [0.1, 0.15) is 44.4 Å². The summed E-state index contributed by atoms with van der Waals surface area (Å²) >= 11 is 0. The Morgan fingerprint density at radius 1 is 1.00 bits per heavy atom. The van der Waals surface area contributed by atoms with Crippen LogP contribution in [0.2, 0.25) is 0 Å². The molecule has 2 aromatic carbocycles. The van der Waals surface area contributed by atoms with Crippen LogP contribution in [0.3, 0.4) is 0 Å². The molecule has 8 nitrogen and oxygen atoms in total. The Morgan fingerprint density at radius 3 is 2.61 bits per heavy atom. The average Bonchev–Trinajstić information content (AvgIpc) is 3.34. The lowest BCUT2D eigenvalue weighted by atomic mass is 10.0. The van der Waals surface area contributed by atoms with Crippen molar-refractivity contribution in [1.29, 1.82) is 0 Å². The van der Waals surface area contributed by atoms with Crippen LogP contribution >= 0.6 is 0 Å². The number of ether oxygens (including phenoxy) is 2. The first-order valence-corrected chi connectivity index (χ1v) is 12.7. The van der Waals surface area contributed by atoms with Crippen molar-refractivity contribution in [3.63, 3.8) is 0 Å². The largest absolute Gasteiger partial charge is 0.466 e. The number of aromatic nitrogens is 2. The number of nitrogens with one attached hydrogen (secondary N) is 2. The number of carbonyl (C=O) groups excluding carboxylic acids is 2. The van der Waals surface area contributed by atoms with E-state index in [1.54, 1.807) is 13.1 Å². The quantitative estimate of drug-likeness (QED) is 0.277. The van der Waals surface area contributed by atoms with E-state index < -0.39 is 11.7 Å². The van der Waals surface area contributed by atoms with Crippen molar-refractivity contribution in [1.82, 2.24) is 14.7 Å². The van der Waals surface area contributed by atoms with Crippen molar-refractivity contribution >= 4 is 23.4 Å². The van der Waals surface area contributed by atoms with Crippen LogP contribution in [0.25, 0.3) is 16.8 Å². The van der Waals surface area contributed by atoms with Gasteiger partial charge in [-0.05, 0) is 68.1 Å². The highest BCUT2D eigenvalue weighted by Crippen LogP contribution is 2.27. The number of hydrogen-bond acceptors (Lipinski definition) is 6. The van der Waals surface area contributed by atoms with E-state index in [0.29, 0.717) is 19.7 Å². The van der Waals surface area contributed by atoms with Crippen LogP contribution in [0.5, 0.6) is 0 Å². The van der Waals surface area contributed by atoms with E-state index in [0.717, 1.165) is 39.2 Å².